The van der Waals surface area contributed by atoms with Gasteiger partial charge in [0.25, 0.3) is 5.91 Å². The van der Waals surface area contributed by atoms with Gasteiger partial charge in [0, 0.05) is 18.2 Å². The second-order valence-corrected chi connectivity index (χ2v) is 9.28. The molecule has 2 amide bonds. The second-order valence-electron chi connectivity index (χ2n) is 9.28. The van der Waals surface area contributed by atoms with Crippen molar-refractivity contribution in [3.8, 4) is 11.4 Å². The van der Waals surface area contributed by atoms with Crippen LogP contribution in [0.15, 0.2) is 47.1 Å². The van der Waals surface area contributed by atoms with E-state index >= 15 is 0 Å². The molecule has 1 saturated carbocycles. The first-order chi connectivity index (χ1) is 16.9. The van der Waals surface area contributed by atoms with Crippen molar-refractivity contribution < 1.29 is 18.4 Å². The van der Waals surface area contributed by atoms with Crippen LogP contribution in [-0.4, -0.2) is 49.5 Å². The van der Waals surface area contributed by atoms with E-state index in [1.165, 1.54) is 23.2 Å². The molecule has 2 aromatic heterocycles. The van der Waals surface area contributed by atoms with Gasteiger partial charge in [0.05, 0.1) is 6.26 Å². The zero-order chi connectivity index (χ0) is 24.8. The number of nitrogens with zero attached hydrogens (tertiary/aromatic N) is 5. The van der Waals surface area contributed by atoms with Crippen LogP contribution >= 0.6 is 0 Å². The molecule has 0 aliphatic heterocycles. The lowest BCUT2D eigenvalue weighted by atomic mass is 10.1. The Morgan fingerprint density at radius 3 is 2.60 bits per heavy atom. The van der Waals surface area contributed by atoms with Gasteiger partial charge >= 0.3 is 0 Å². The van der Waals surface area contributed by atoms with Gasteiger partial charge in [-0.2, -0.15) is 4.80 Å². The van der Waals surface area contributed by atoms with Gasteiger partial charge in [0.2, 0.25) is 11.7 Å². The van der Waals surface area contributed by atoms with Gasteiger partial charge in [-0.25, -0.2) is 4.39 Å². The molecule has 0 unspecified atom stereocenters. The normalized spacial score (nSPS) is 14.9. The lowest BCUT2D eigenvalue weighted by Gasteiger charge is -2.34. The zero-order valence-corrected chi connectivity index (χ0v) is 20.1. The Balaban J connectivity index is 1.57. The molecule has 186 valence electrons. The molecule has 0 radical (unpaired) electrons. The highest BCUT2D eigenvalue weighted by Crippen LogP contribution is 2.32. The van der Waals surface area contributed by atoms with Crippen LogP contribution in [0.2, 0.25) is 0 Å². The number of hydrogen-bond acceptors (Lipinski definition) is 6. The summed E-state index contributed by atoms with van der Waals surface area (Å²) in [4.78, 5) is 29.8. The van der Waals surface area contributed by atoms with Crippen molar-refractivity contribution in [2.24, 2.45) is 5.92 Å². The highest BCUT2D eigenvalue weighted by Gasteiger charge is 2.39. The summed E-state index contributed by atoms with van der Waals surface area (Å²) in [6, 6.07) is 8.21. The van der Waals surface area contributed by atoms with Crippen LogP contribution in [0.3, 0.4) is 0 Å². The Labute approximate surface area is 203 Å². The Morgan fingerprint density at radius 1 is 1.20 bits per heavy atom. The Bertz CT molecular complexity index is 1110. The predicted octanol–water partition coefficient (Wildman–Crippen LogP) is 3.75. The van der Waals surface area contributed by atoms with Gasteiger partial charge in [-0.1, -0.05) is 26.7 Å². The molecule has 10 heteroatoms. The van der Waals surface area contributed by atoms with Crippen molar-refractivity contribution in [3.63, 3.8) is 0 Å². The van der Waals surface area contributed by atoms with Crippen LogP contribution < -0.4 is 5.32 Å². The molecule has 9 nitrogen and oxygen atoms in total. The molecule has 0 bridgehead atoms. The number of rotatable bonds is 10. The Hall–Kier alpha value is -3.56. The maximum atomic E-state index is 13.6. The molecule has 35 heavy (non-hydrogen) atoms. The van der Waals surface area contributed by atoms with Gasteiger partial charge in [-0.15, -0.1) is 10.2 Å². The largest absolute Gasteiger partial charge is 0.467 e. The Morgan fingerprint density at radius 2 is 1.94 bits per heavy atom. The van der Waals surface area contributed by atoms with Gasteiger partial charge in [0.15, 0.2) is 6.04 Å². The monoisotopic (exact) mass is 482 g/mol. The standard InChI is InChI=1S/C25H31FN6O3/c1-17(2)13-14-27-25(34)23(21-8-5-15-35-21)32(20-6-3-4-7-20)22(33)16-31-29-24(28-30-31)18-9-11-19(26)12-10-18/h5,8-12,15,17,20,23H,3-4,6-7,13-14,16H2,1-2H3,(H,27,34)/t23-/m1/s1. The van der Waals surface area contributed by atoms with E-state index in [4.69, 9.17) is 4.42 Å². The van der Waals surface area contributed by atoms with Gasteiger partial charge in [0.1, 0.15) is 18.1 Å². The summed E-state index contributed by atoms with van der Waals surface area (Å²) < 4.78 is 18.9. The van der Waals surface area contributed by atoms with Crippen molar-refractivity contribution in [3.05, 3.63) is 54.2 Å². The lowest BCUT2D eigenvalue weighted by Crippen LogP contribution is -2.49. The van der Waals surface area contributed by atoms with Crippen LogP contribution in [0.4, 0.5) is 4.39 Å². The third-order valence-corrected chi connectivity index (χ3v) is 6.20. The number of aromatic nitrogens is 4. The maximum absolute atomic E-state index is 13.6. The summed E-state index contributed by atoms with van der Waals surface area (Å²) >= 11 is 0. The molecular weight excluding hydrogens is 451 g/mol. The molecule has 0 spiro atoms. The third kappa shape index (κ3) is 6.12. The van der Waals surface area contributed by atoms with Crippen LogP contribution in [0, 0.1) is 11.7 Å². The van der Waals surface area contributed by atoms with Crippen molar-refractivity contribution in [1.29, 1.82) is 0 Å². The zero-order valence-electron chi connectivity index (χ0n) is 20.1. The SMILES string of the molecule is CC(C)CCNC(=O)[C@@H](c1ccco1)N(C(=O)Cn1nnc(-c2ccc(F)cc2)n1)C1CCCC1. The first-order valence-electron chi connectivity index (χ1n) is 12.1. The van der Waals surface area contributed by atoms with E-state index in [-0.39, 0.29) is 30.2 Å². The van der Waals surface area contributed by atoms with E-state index in [0.717, 1.165) is 32.1 Å². The molecule has 4 rings (SSSR count). The highest BCUT2D eigenvalue weighted by atomic mass is 19.1. The first kappa shape index (κ1) is 24.6. The van der Waals surface area contributed by atoms with Crippen LogP contribution in [-0.2, 0) is 16.1 Å². The number of benzene rings is 1. The predicted molar refractivity (Wildman–Crippen MR) is 126 cm³/mol. The summed E-state index contributed by atoms with van der Waals surface area (Å²) in [5.74, 6) is 0.239. The minimum absolute atomic E-state index is 0.0893. The second kappa shape index (κ2) is 11.2. The number of amides is 2. The molecule has 2 heterocycles. The van der Waals surface area contributed by atoms with Gasteiger partial charge in [-0.3, -0.25) is 9.59 Å². The third-order valence-electron chi connectivity index (χ3n) is 6.20. The van der Waals surface area contributed by atoms with Gasteiger partial charge < -0.3 is 14.6 Å². The van der Waals surface area contributed by atoms with Crippen LogP contribution in [0.5, 0.6) is 0 Å². The number of carbonyl (C=O) groups excluding carboxylic acids is 2. The number of nitrogens with one attached hydrogen (secondary N) is 1. The molecule has 1 fully saturated rings. The first-order valence-corrected chi connectivity index (χ1v) is 12.1. The van der Waals surface area contributed by atoms with E-state index in [2.05, 4.69) is 34.6 Å². The molecule has 1 aliphatic carbocycles. The topological polar surface area (TPSA) is 106 Å². The average molecular weight is 483 g/mol. The molecule has 0 saturated heterocycles. The van der Waals surface area contributed by atoms with Crippen molar-refractivity contribution >= 4 is 11.8 Å². The molecule has 3 aromatic rings. The van der Waals surface area contributed by atoms with E-state index in [9.17, 15) is 14.0 Å². The smallest absolute Gasteiger partial charge is 0.250 e. The molecule has 1 N–H and O–H groups in total. The lowest BCUT2D eigenvalue weighted by molar-refractivity contribution is -0.145. The quantitative estimate of drug-likeness (QED) is 0.472. The fraction of sp³-hybridized carbons (Fsp3) is 0.480. The minimum atomic E-state index is -0.882. The fourth-order valence-electron chi connectivity index (χ4n) is 4.39. The van der Waals surface area contributed by atoms with Crippen LogP contribution in [0.1, 0.15) is 57.8 Å². The molecule has 1 aliphatic rings. The van der Waals surface area contributed by atoms with Crippen LogP contribution in [0.25, 0.3) is 11.4 Å². The number of hydrogen-bond donors (Lipinski definition) is 1. The minimum Gasteiger partial charge on any atom is -0.467 e. The summed E-state index contributed by atoms with van der Waals surface area (Å²) in [5.41, 5.74) is 0.593. The van der Waals surface area contributed by atoms with E-state index in [1.807, 2.05) is 0 Å². The molecular formula is C25H31FN6O3. The van der Waals surface area contributed by atoms with E-state index in [1.54, 1.807) is 29.2 Å². The van der Waals surface area contributed by atoms with E-state index in [0.29, 0.717) is 29.6 Å². The van der Waals surface area contributed by atoms with Crippen molar-refractivity contribution in [2.75, 3.05) is 6.54 Å². The van der Waals surface area contributed by atoms with Gasteiger partial charge in [-0.05, 0) is 66.8 Å². The van der Waals surface area contributed by atoms with Crippen molar-refractivity contribution in [1.82, 2.24) is 30.4 Å². The fourth-order valence-corrected chi connectivity index (χ4v) is 4.39. The summed E-state index contributed by atoms with van der Waals surface area (Å²) in [5, 5.41) is 15.3. The number of tetrazole rings is 1. The number of halogens is 1. The number of carbonyl (C=O) groups is 2. The summed E-state index contributed by atoms with van der Waals surface area (Å²) in [7, 11) is 0. The molecule has 1 aromatic carbocycles. The summed E-state index contributed by atoms with van der Waals surface area (Å²) in [6.45, 7) is 4.53. The van der Waals surface area contributed by atoms with E-state index < -0.39 is 6.04 Å². The Kier molecular flexibility index (Phi) is 7.89. The van der Waals surface area contributed by atoms with Crippen molar-refractivity contribution in [2.45, 2.75) is 64.6 Å². The summed E-state index contributed by atoms with van der Waals surface area (Å²) in [6.07, 6.45) is 5.95. The highest BCUT2D eigenvalue weighted by molar-refractivity contribution is 5.88. The average Bonchev–Trinajstić information content (AvgIpc) is 3.60. The molecule has 1 atom stereocenters. The maximum Gasteiger partial charge on any atom is 0.250 e. The number of furan rings is 1.